The fourth-order valence-corrected chi connectivity index (χ4v) is 4.52. The highest BCUT2D eigenvalue weighted by atomic mass is 16.6. The van der Waals surface area contributed by atoms with Gasteiger partial charge in [-0.25, -0.2) is 0 Å². The second-order valence-corrected chi connectivity index (χ2v) is 9.75. The first kappa shape index (κ1) is 30.9. The molecular weight excluding hydrogens is 400 g/mol. The van der Waals surface area contributed by atoms with Gasteiger partial charge in [0, 0.05) is 12.8 Å². The van der Waals surface area contributed by atoms with Gasteiger partial charge in [0.2, 0.25) is 0 Å². The van der Waals surface area contributed by atoms with E-state index >= 15 is 0 Å². The number of carboxylic acid groups (broad SMARTS) is 1. The van der Waals surface area contributed by atoms with Gasteiger partial charge in [0.1, 0.15) is 5.60 Å². The average Bonchev–Trinajstić information content (AvgIpc) is 2.76. The molecule has 0 heterocycles. The Hall–Kier alpha value is -1.06. The van der Waals surface area contributed by atoms with Gasteiger partial charge in [0.15, 0.2) is 0 Å². The maximum atomic E-state index is 12.7. The minimum absolute atomic E-state index is 0.120. The van der Waals surface area contributed by atoms with Gasteiger partial charge in [-0.1, -0.05) is 97.8 Å². The zero-order valence-corrected chi connectivity index (χ0v) is 21.7. The van der Waals surface area contributed by atoms with Gasteiger partial charge >= 0.3 is 11.9 Å². The Bertz CT molecular complexity index is 449. The topological polar surface area (TPSA) is 63.6 Å². The summed E-state index contributed by atoms with van der Waals surface area (Å²) in [7, 11) is 0. The normalized spacial score (nSPS) is 13.1. The van der Waals surface area contributed by atoms with Gasteiger partial charge in [0.05, 0.1) is 0 Å². The Kier molecular flexibility index (Phi) is 21.0. The fourth-order valence-electron chi connectivity index (χ4n) is 4.52. The van der Waals surface area contributed by atoms with Crippen molar-refractivity contribution in [3.8, 4) is 0 Å². The molecular formula is C28H54O4. The van der Waals surface area contributed by atoms with Crippen molar-refractivity contribution in [2.45, 2.75) is 168 Å². The van der Waals surface area contributed by atoms with E-state index < -0.39 is 5.97 Å². The number of ether oxygens (including phenoxy) is 1. The van der Waals surface area contributed by atoms with Crippen molar-refractivity contribution >= 4 is 11.9 Å². The van der Waals surface area contributed by atoms with Crippen LogP contribution in [0.15, 0.2) is 0 Å². The van der Waals surface area contributed by atoms with E-state index in [0.29, 0.717) is 19.3 Å². The second-order valence-electron chi connectivity index (χ2n) is 9.75. The maximum absolute atomic E-state index is 12.7. The van der Waals surface area contributed by atoms with Crippen LogP contribution in [0.5, 0.6) is 0 Å². The molecule has 0 aliphatic heterocycles. The zero-order valence-electron chi connectivity index (χ0n) is 21.7. The molecule has 0 bridgehead atoms. The molecule has 0 aliphatic carbocycles. The SMILES string of the molecule is CCCCCCCCC(CCCCCC)(CCCCCCC)OC(=O)CCCCC(=O)O. The van der Waals surface area contributed by atoms with Gasteiger partial charge in [-0.3, -0.25) is 9.59 Å². The highest BCUT2D eigenvalue weighted by Crippen LogP contribution is 2.33. The van der Waals surface area contributed by atoms with Crippen molar-refractivity contribution in [3.05, 3.63) is 0 Å². The monoisotopic (exact) mass is 454 g/mol. The minimum atomic E-state index is -0.793. The Balaban J connectivity index is 4.94. The van der Waals surface area contributed by atoms with Crippen molar-refractivity contribution in [1.82, 2.24) is 0 Å². The molecule has 0 aliphatic rings. The summed E-state index contributed by atoms with van der Waals surface area (Å²) in [5, 5.41) is 8.82. The number of hydrogen-bond acceptors (Lipinski definition) is 3. The standard InChI is InChI=1S/C28H54O4/c1-4-7-10-13-15-20-25-28(23-18-12-9-6-3,24-19-14-11-8-5-2)32-27(31)22-17-16-21-26(29)30/h4-25H2,1-3H3,(H,29,30). The van der Waals surface area contributed by atoms with Crippen molar-refractivity contribution in [2.24, 2.45) is 0 Å². The van der Waals surface area contributed by atoms with Crippen LogP contribution in [0.4, 0.5) is 0 Å². The van der Waals surface area contributed by atoms with Crippen LogP contribution in [0.25, 0.3) is 0 Å². The van der Waals surface area contributed by atoms with Gasteiger partial charge in [-0.15, -0.1) is 0 Å². The van der Waals surface area contributed by atoms with Crippen LogP contribution < -0.4 is 0 Å². The number of carbonyl (C=O) groups is 2. The summed E-state index contributed by atoms with van der Waals surface area (Å²) in [5.41, 5.74) is -0.311. The summed E-state index contributed by atoms with van der Waals surface area (Å²) in [4.78, 5) is 23.5. The summed E-state index contributed by atoms with van der Waals surface area (Å²) in [6.07, 6.45) is 23.0. The highest BCUT2D eigenvalue weighted by Gasteiger charge is 2.32. The molecule has 0 saturated carbocycles. The lowest BCUT2D eigenvalue weighted by Gasteiger charge is -2.34. The van der Waals surface area contributed by atoms with E-state index in [0.717, 1.165) is 38.5 Å². The van der Waals surface area contributed by atoms with E-state index in [1.807, 2.05) is 0 Å². The van der Waals surface area contributed by atoms with E-state index in [4.69, 9.17) is 9.84 Å². The van der Waals surface area contributed by atoms with Crippen LogP contribution in [0, 0.1) is 0 Å². The lowest BCUT2D eigenvalue weighted by Crippen LogP contribution is -2.35. The molecule has 1 atom stereocenters. The Labute approximate surface area is 199 Å². The van der Waals surface area contributed by atoms with Crippen molar-refractivity contribution in [3.63, 3.8) is 0 Å². The zero-order chi connectivity index (χ0) is 23.9. The summed E-state index contributed by atoms with van der Waals surface area (Å²) in [6, 6.07) is 0. The summed E-state index contributed by atoms with van der Waals surface area (Å²) < 4.78 is 6.27. The van der Waals surface area contributed by atoms with E-state index in [1.165, 1.54) is 77.0 Å². The molecule has 190 valence electrons. The van der Waals surface area contributed by atoms with Gasteiger partial charge in [-0.05, 0) is 51.4 Å². The molecule has 32 heavy (non-hydrogen) atoms. The smallest absolute Gasteiger partial charge is 0.306 e. The number of rotatable bonds is 24. The van der Waals surface area contributed by atoms with E-state index in [-0.39, 0.29) is 18.0 Å². The molecule has 0 radical (unpaired) electrons. The molecule has 0 saturated heterocycles. The highest BCUT2D eigenvalue weighted by molar-refractivity contribution is 5.70. The van der Waals surface area contributed by atoms with Crippen LogP contribution in [-0.4, -0.2) is 22.6 Å². The predicted molar refractivity (Wildman–Crippen MR) is 135 cm³/mol. The molecule has 4 nitrogen and oxygen atoms in total. The Morgan fingerprint density at radius 2 is 0.938 bits per heavy atom. The molecule has 0 spiro atoms. The lowest BCUT2D eigenvalue weighted by molar-refractivity contribution is -0.163. The molecule has 0 amide bonds. The van der Waals surface area contributed by atoms with Crippen molar-refractivity contribution in [1.29, 1.82) is 0 Å². The molecule has 1 unspecified atom stereocenters. The number of hydrogen-bond donors (Lipinski definition) is 1. The third-order valence-corrected chi connectivity index (χ3v) is 6.56. The van der Waals surface area contributed by atoms with Crippen LogP contribution in [-0.2, 0) is 14.3 Å². The molecule has 0 rings (SSSR count). The van der Waals surface area contributed by atoms with Gasteiger partial charge < -0.3 is 9.84 Å². The fraction of sp³-hybridized carbons (Fsp3) is 0.929. The number of esters is 1. The first-order chi connectivity index (χ1) is 15.5. The number of carbonyl (C=O) groups excluding carboxylic acids is 1. The Morgan fingerprint density at radius 3 is 1.38 bits per heavy atom. The average molecular weight is 455 g/mol. The van der Waals surface area contributed by atoms with E-state index in [1.54, 1.807) is 0 Å². The predicted octanol–water partition coefficient (Wildman–Crippen LogP) is 8.99. The summed E-state index contributed by atoms with van der Waals surface area (Å²) >= 11 is 0. The first-order valence-corrected chi connectivity index (χ1v) is 13.9. The van der Waals surface area contributed by atoms with Crippen LogP contribution in [0.3, 0.4) is 0 Å². The lowest BCUT2D eigenvalue weighted by atomic mass is 9.84. The van der Waals surface area contributed by atoms with Crippen LogP contribution in [0.1, 0.15) is 162 Å². The molecule has 4 heteroatoms. The summed E-state index contributed by atoms with van der Waals surface area (Å²) in [5.74, 6) is -0.913. The van der Waals surface area contributed by atoms with E-state index in [9.17, 15) is 9.59 Å². The maximum Gasteiger partial charge on any atom is 0.306 e. The largest absolute Gasteiger partial charge is 0.481 e. The van der Waals surface area contributed by atoms with Gasteiger partial charge in [0.25, 0.3) is 0 Å². The quantitative estimate of drug-likeness (QED) is 0.117. The molecule has 0 aromatic heterocycles. The Morgan fingerprint density at radius 1 is 0.562 bits per heavy atom. The number of unbranched alkanes of at least 4 members (excludes halogenated alkanes) is 13. The second kappa shape index (κ2) is 21.8. The number of aliphatic carboxylic acids is 1. The molecule has 0 aromatic rings. The molecule has 1 N–H and O–H groups in total. The first-order valence-electron chi connectivity index (χ1n) is 13.9. The molecule has 0 aromatic carbocycles. The number of carboxylic acids is 1. The van der Waals surface area contributed by atoms with Crippen molar-refractivity contribution in [2.75, 3.05) is 0 Å². The minimum Gasteiger partial charge on any atom is -0.481 e. The third kappa shape index (κ3) is 18.5. The van der Waals surface area contributed by atoms with Gasteiger partial charge in [-0.2, -0.15) is 0 Å². The third-order valence-electron chi connectivity index (χ3n) is 6.56. The van der Waals surface area contributed by atoms with Crippen LogP contribution in [0.2, 0.25) is 0 Å². The molecule has 0 fully saturated rings. The van der Waals surface area contributed by atoms with Crippen molar-refractivity contribution < 1.29 is 19.4 Å². The van der Waals surface area contributed by atoms with Crippen LogP contribution >= 0.6 is 0 Å². The van der Waals surface area contributed by atoms with E-state index in [2.05, 4.69) is 20.8 Å². The summed E-state index contributed by atoms with van der Waals surface area (Å²) in [6.45, 7) is 6.72.